The van der Waals surface area contributed by atoms with E-state index in [1.165, 1.54) is 12.8 Å². The van der Waals surface area contributed by atoms with E-state index in [0.29, 0.717) is 35.6 Å². The van der Waals surface area contributed by atoms with Crippen LogP contribution in [-0.2, 0) is 6.54 Å². The Hall–Kier alpha value is -3.03. The normalized spacial score (nSPS) is 14.6. The standard InChI is InChI=1S/C19H22N6O2/c1-11-14(17(27-25-11)15-7-8-16(26)12(2)23-15)9-20-19-22-10-21-18(24-19)13-5-3-4-6-13/h7-8,10,13,26H,3-6,9H2,1-2H3,(H,20,21,22,24). The Labute approximate surface area is 157 Å². The van der Waals surface area contributed by atoms with Crippen molar-refractivity contribution in [1.29, 1.82) is 0 Å². The summed E-state index contributed by atoms with van der Waals surface area (Å²) in [6, 6.07) is 3.32. The van der Waals surface area contributed by atoms with Crippen molar-refractivity contribution in [3.05, 3.63) is 41.2 Å². The maximum atomic E-state index is 9.69. The van der Waals surface area contributed by atoms with E-state index in [0.717, 1.165) is 29.9 Å². The molecule has 0 saturated heterocycles. The van der Waals surface area contributed by atoms with E-state index in [4.69, 9.17) is 4.52 Å². The number of nitrogens with one attached hydrogen (secondary N) is 1. The third-order valence-corrected chi connectivity index (χ3v) is 5.01. The minimum Gasteiger partial charge on any atom is -0.506 e. The maximum Gasteiger partial charge on any atom is 0.226 e. The molecule has 1 aliphatic rings. The van der Waals surface area contributed by atoms with Crippen LogP contribution >= 0.6 is 0 Å². The highest BCUT2D eigenvalue weighted by molar-refractivity contribution is 5.59. The lowest BCUT2D eigenvalue weighted by atomic mass is 10.1. The molecule has 1 aliphatic carbocycles. The van der Waals surface area contributed by atoms with Crippen LogP contribution in [0.2, 0.25) is 0 Å². The van der Waals surface area contributed by atoms with Crippen LogP contribution < -0.4 is 5.32 Å². The quantitative estimate of drug-likeness (QED) is 0.706. The van der Waals surface area contributed by atoms with E-state index in [2.05, 4.69) is 30.4 Å². The molecule has 1 saturated carbocycles. The molecule has 0 aromatic carbocycles. The van der Waals surface area contributed by atoms with Crippen molar-refractivity contribution in [2.45, 2.75) is 52.0 Å². The zero-order chi connectivity index (χ0) is 18.8. The highest BCUT2D eigenvalue weighted by atomic mass is 16.5. The summed E-state index contributed by atoms with van der Waals surface area (Å²) in [7, 11) is 0. The van der Waals surface area contributed by atoms with Crippen LogP contribution in [0, 0.1) is 13.8 Å². The van der Waals surface area contributed by atoms with Crippen molar-refractivity contribution in [3.8, 4) is 17.2 Å². The number of pyridine rings is 1. The molecule has 4 rings (SSSR count). The topological polar surface area (TPSA) is 110 Å². The fourth-order valence-corrected chi connectivity index (χ4v) is 3.42. The Morgan fingerprint density at radius 2 is 1.93 bits per heavy atom. The molecular weight excluding hydrogens is 344 g/mol. The van der Waals surface area contributed by atoms with Gasteiger partial charge in [0.2, 0.25) is 5.95 Å². The molecule has 2 N–H and O–H groups in total. The van der Waals surface area contributed by atoms with Crippen LogP contribution in [0.3, 0.4) is 0 Å². The van der Waals surface area contributed by atoms with Crippen LogP contribution in [0.25, 0.3) is 11.5 Å². The summed E-state index contributed by atoms with van der Waals surface area (Å²) in [5.41, 5.74) is 2.83. The third-order valence-electron chi connectivity index (χ3n) is 5.01. The largest absolute Gasteiger partial charge is 0.506 e. The van der Waals surface area contributed by atoms with Gasteiger partial charge in [-0.15, -0.1) is 0 Å². The molecule has 140 valence electrons. The first-order valence-corrected chi connectivity index (χ1v) is 9.16. The van der Waals surface area contributed by atoms with Crippen LogP contribution in [0.5, 0.6) is 5.75 Å². The first kappa shape index (κ1) is 17.4. The second-order valence-corrected chi connectivity index (χ2v) is 6.88. The Morgan fingerprint density at radius 1 is 1.11 bits per heavy atom. The van der Waals surface area contributed by atoms with Gasteiger partial charge in [-0.05, 0) is 38.8 Å². The molecule has 0 aliphatic heterocycles. The highest BCUT2D eigenvalue weighted by Gasteiger charge is 2.21. The van der Waals surface area contributed by atoms with Crippen molar-refractivity contribution in [1.82, 2.24) is 25.1 Å². The fourth-order valence-electron chi connectivity index (χ4n) is 3.42. The Kier molecular flexibility index (Phi) is 4.70. The molecule has 8 heteroatoms. The summed E-state index contributed by atoms with van der Waals surface area (Å²) < 4.78 is 5.48. The van der Waals surface area contributed by atoms with Gasteiger partial charge >= 0.3 is 0 Å². The third kappa shape index (κ3) is 3.60. The molecule has 0 unspecified atom stereocenters. The molecule has 8 nitrogen and oxygen atoms in total. The van der Waals surface area contributed by atoms with E-state index in [1.807, 2.05) is 6.92 Å². The Morgan fingerprint density at radius 3 is 2.70 bits per heavy atom. The number of nitrogens with zero attached hydrogens (tertiary/aromatic N) is 5. The number of hydrogen-bond acceptors (Lipinski definition) is 8. The van der Waals surface area contributed by atoms with Gasteiger partial charge in [0, 0.05) is 18.0 Å². The molecule has 0 atom stereocenters. The van der Waals surface area contributed by atoms with E-state index < -0.39 is 0 Å². The highest BCUT2D eigenvalue weighted by Crippen LogP contribution is 2.32. The van der Waals surface area contributed by atoms with Gasteiger partial charge in [0.25, 0.3) is 0 Å². The van der Waals surface area contributed by atoms with Gasteiger partial charge in [-0.2, -0.15) is 4.98 Å². The summed E-state index contributed by atoms with van der Waals surface area (Å²) in [6.07, 6.45) is 6.33. The Bertz CT molecular complexity index is 949. The number of aromatic hydroxyl groups is 1. The van der Waals surface area contributed by atoms with E-state index in [1.54, 1.807) is 25.4 Å². The summed E-state index contributed by atoms with van der Waals surface area (Å²) in [5.74, 6) is 2.58. The number of aryl methyl sites for hydroxylation is 2. The first-order chi connectivity index (χ1) is 13.1. The zero-order valence-corrected chi connectivity index (χ0v) is 15.4. The SMILES string of the molecule is Cc1nc(-c2onc(C)c2CNc2ncnc(C3CCCC3)n2)ccc1O. The molecule has 0 radical (unpaired) electrons. The minimum atomic E-state index is 0.152. The number of aromatic nitrogens is 5. The predicted molar refractivity (Wildman–Crippen MR) is 99.2 cm³/mol. The lowest BCUT2D eigenvalue weighted by molar-refractivity contribution is 0.425. The average molecular weight is 366 g/mol. The summed E-state index contributed by atoms with van der Waals surface area (Å²) in [4.78, 5) is 17.5. The molecule has 0 bridgehead atoms. The van der Waals surface area contributed by atoms with Gasteiger partial charge in [-0.3, -0.25) is 0 Å². The van der Waals surface area contributed by atoms with Crippen molar-refractivity contribution >= 4 is 5.95 Å². The van der Waals surface area contributed by atoms with Crippen LogP contribution in [0.4, 0.5) is 5.95 Å². The number of hydrogen-bond donors (Lipinski definition) is 2. The molecule has 0 spiro atoms. The van der Waals surface area contributed by atoms with Gasteiger partial charge in [0.05, 0.1) is 11.4 Å². The van der Waals surface area contributed by atoms with Crippen molar-refractivity contribution in [2.24, 2.45) is 0 Å². The second-order valence-electron chi connectivity index (χ2n) is 6.88. The predicted octanol–water partition coefficient (Wildman–Crippen LogP) is 3.51. The fraction of sp³-hybridized carbons (Fsp3) is 0.421. The zero-order valence-electron chi connectivity index (χ0n) is 15.4. The van der Waals surface area contributed by atoms with Crippen LogP contribution in [-0.4, -0.2) is 30.2 Å². The summed E-state index contributed by atoms with van der Waals surface area (Å²) >= 11 is 0. The molecular formula is C19H22N6O2. The first-order valence-electron chi connectivity index (χ1n) is 9.16. The van der Waals surface area contributed by atoms with Gasteiger partial charge < -0.3 is 14.9 Å². The maximum absolute atomic E-state index is 9.69. The molecule has 1 fully saturated rings. The average Bonchev–Trinajstić information content (AvgIpc) is 3.33. The Balaban J connectivity index is 1.54. The van der Waals surface area contributed by atoms with Gasteiger partial charge in [0.1, 0.15) is 23.6 Å². The molecule has 3 heterocycles. The molecule has 3 aromatic heterocycles. The monoisotopic (exact) mass is 366 g/mol. The molecule has 27 heavy (non-hydrogen) atoms. The lowest BCUT2D eigenvalue weighted by Crippen LogP contribution is -2.09. The number of rotatable bonds is 5. The minimum absolute atomic E-state index is 0.152. The van der Waals surface area contributed by atoms with Crippen molar-refractivity contribution in [2.75, 3.05) is 5.32 Å². The van der Waals surface area contributed by atoms with Gasteiger partial charge in [-0.1, -0.05) is 18.0 Å². The van der Waals surface area contributed by atoms with E-state index in [9.17, 15) is 5.11 Å². The van der Waals surface area contributed by atoms with E-state index >= 15 is 0 Å². The summed E-state index contributed by atoms with van der Waals surface area (Å²) in [6.45, 7) is 4.09. The summed E-state index contributed by atoms with van der Waals surface area (Å²) in [5, 5.41) is 17.0. The molecule has 3 aromatic rings. The van der Waals surface area contributed by atoms with E-state index in [-0.39, 0.29) is 5.75 Å². The smallest absolute Gasteiger partial charge is 0.226 e. The van der Waals surface area contributed by atoms with Crippen molar-refractivity contribution < 1.29 is 9.63 Å². The van der Waals surface area contributed by atoms with Crippen LogP contribution in [0.15, 0.2) is 23.0 Å². The number of anilines is 1. The van der Waals surface area contributed by atoms with Gasteiger partial charge in [-0.25, -0.2) is 15.0 Å². The molecule has 0 amide bonds. The van der Waals surface area contributed by atoms with Gasteiger partial charge in [0.15, 0.2) is 5.76 Å². The lowest BCUT2D eigenvalue weighted by Gasteiger charge is -2.10. The van der Waals surface area contributed by atoms with Crippen molar-refractivity contribution in [3.63, 3.8) is 0 Å². The van der Waals surface area contributed by atoms with Crippen LogP contribution in [0.1, 0.15) is 54.4 Å². The second kappa shape index (κ2) is 7.30.